The van der Waals surface area contributed by atoms with E-state index in [0.29, 0.717) is 22.3 Å². The van der Waals surface area contributed by atoms with Crippen molar-refractivity contribution >= 4 is 23.4 Å². The van der Waals surface area contributed by atoms with Crippen molar-refractivity contribution in [3.8, 4) is 5.75 Å². The molecule has 0 heterocycles. The molecular weight excluding hydrogens is 272 g/mol. The van der Waals surface area contributed by atoms with Crippen LogP contribution in [0.4, 0.5) is 5.69 Å². The Kier molecular flexibility index (Phi) is 5.17. The van der Waals surface area contributed by atoms with E-state index in [-0.39, 0.29) is 11.9 Å². The topological polar surface area (TPSA) is 64.4 Å². The second-order valence-corrected chi connectivity index (χ2v) is 6.60. The van der Waals surface area contributed by atoms with Gasteiger partial charge in [-0.2, -0.15) is 11.8 Å². The molecule has 2 atom stereocenters. The number of hydrogen-bond acceptors (Lipinski definition) is 4. The van der Waals surface area contributed by atoms with Crippen molar-refractivity contribution in [1.29, 1.82) is 0 Å². The molecule has 0 aromatic heterocycles. The fourth-order valence-electron chi connectivity index (χ4n) is 2.62. The zero-order valence-corrected chi connectivity index (χ0v) is 12.8. The van der Waals surface area contributed by atoms with E-state index in [1.54, 1.807) is 25.3 Å². The van der Waals surface area contributed by atoms with Gasteiger partial charge in [-0.25, -0.2) is 0 Å². The van der Waals surface area contributed by atoms with E-state index in [0.717, 1.165) is 18.6 Å². The standard InChI is InChI=1S/C15H22N2O2S/c1-3-20-12-6-5-11(9-12)17-15(18)13-7-4-10(16)8-14(13)19-2/h4,7-8,11-12H,3,5-6,9,16H2,1-2H3,(H,17,18). The number of benzene rings is 1. The van der Waals surface area contributed by atoms with Gasteiger partial charge in [0.1, 0.15) is 5.75 Å². The smallest absolute Gasteiger partial charge is 0.255 e. The molecule has 1 aliphatic carbocycles. The first-order valence-electron chi connectivity index (χ1n) is 7.00. The molecule has 1 amide bonds. The van der Waals surface area contributed by atoms with Gasteiger partial charge in [0.15, 0.2) is 0 Å². The number of carbonyl (C=O) groups excluding carboxylic acids is 1. The van der Waals surface area contributed by atoms with Gasteiger partial charge >= 0.3 is 0 Å². The van der Waals surface area contributed by atoms with E-state index in [4.69, 9.17) is 10.5 Å². The van der Waals surface area contributed by atoms with Crippen LogP contribution >= 0.6 is 11.8 Å². The molecule has 20 heavy (non-hydrogen) atoms. The summed E-state index contributed by atoms with van der Waals surface area (Å²) in [6.45, 7) is 2.18. The summed E-state index contributed by atoms with van der Waals surface area (Å²) in [5.41, 5.74) is 6.85. The Morgan fingerprint density at radius 3 is 3.00 bits per heavy atom. The number of hydrogen-bond donors (Lipinski definition) is 2. The lowest BCUT2D eigenvalue weighted by atomic mass is 10.1. The fraction of sp³-hybridized carbons (Fsp3) is 0.533. The first-order valence-corrected chi connectivity index (χ1v) is 8.05. The van der Waals surface area contributed by atoms with Gasteiger partial charge in [-0.15, -0.1) is 0 Å². The van der Waals surface area contributed by atoms with E-state index in [9.17, 15) is 4.79 Å². The Morgan fingerprint density at radius 1 is 1.50 bits per heavy atom. The van der Waals surface area contributed by atoms with E-state index in [1.807, 2.05) is 11.8 Å². The molecule has 2 unspecified atom stereocenters. The lowest BCUT2D eigenvalue weighted by Gasteiger charge is -2.15. The maximum absolute atomic E-state index is 12.3. The minimum absolute atomic E-state index is 0.0750. The number of ether oxygens (including phenoxy) is 1. The van der Waals surface area contributed by atoms with E-state index in [1.165, 1.54) is 6.42 Å². The Labute approximate surface area is 124 Å². The average Bonchev–Trinajstić information content (AvgIpc) is 2.86. The van der Waals surface area contributed by atoms with Gasteiger partial charge < -0.3 is 15.8 Å². The van der Waals surface area contributed by atoms with Gasteiger partial charge in [-0.1, -0.05) is 6.92 Å². The molecule has 5 heteroatoms. The Hall–Kier alpha value is -1.36. The highest BCUT2D eigenvalue weighted by molar-refractivity contribution is 7.99. The van der Waals surface area contributed by atoms with Crippen molar-refractivity contribution in [2.24, 2.45) is 0 Å². The highest BCUT2D eigenvalue weighted by Gasteiger charge is 2.26. The van der Waals surface area contributed by atoms with Crippen LogP contribution < -0.4 is 15.8 Å². The van der Waals surface area contributed by atoms with Crippen LogP contribution in [-0.4, -0.2) is 30.1 Å². The number of anilines is 1. The monoisotopic (exact) mass is 294 g/mol. The molecule has 0 spiro atoms. The number of thioether (sulfide) groups is 1. The van der Waals surface area contributed by atoms with Crippen LogP contribution in [0.2, 0.25) is 0 Å². The zero-order valence-electron chi connectivity index (χ0n) is 12.0. The maximum Gasteiger partial charge on any atom is 0.255 e. The largest absolute Gasteiger partial charge is 0.496 e. The Balaban J connectivity index is 1.99. The highest BCUT2D eigenvalue weighted by Crippen LogP contribution is 2.30. The summed E-state index contributed by atoms with van der Waals surface area (Å²) in [4.78, 5) is 12.3. The van der Waals surface area contributed by atoms with Crippen molar-refractivity contribution in [2.75, 3.05) is 18.6 Å². The summed E-state index contributed by atoms with van der Waals surface area (Å²) in [5.74, 6) is 1.59. The van der Waals surface area contributed by atoms with Gasteiger partial charge in [0.2, 0.25) is 0 Å². The maximum atomic E-state index is 12.3. The van der Waals surface area contributed by atoms with Crippen molar-refractivity contribution in [3.63, 3.8) is 0 Å². The Bertz CT molecular complexity index is 479. The molecule has 0 radical (unpaired) electrons. The molecule has 1 saturated carbocycles. The minimum atomic E-state index is -0.0750. The third kappa shape index (κ3) is 3.60. The molecule has 4 nitrogen and oxygen atoms in total. The second-order valence-electron chi connectivity index (χ2n) is 5.02. The molecule has 2 rings (SSSR count). The predicted octanol–water partition coefficient (Wildman–Crippen LogP) is 2.68. The molecule has 3 N–H and O–H groups in total. The molecule has 110 valence electrons. The molecule has 1 aliphatic rings. The van der Waals surface area contributed by atoms with Crippen LogP contribution in [0.1, 0.15) is 36.5 Å². The normalized spacial score (nSPS) is 21.7. The molecule has 1 aromatic carbocycles. The number of nitrogens with one attached hydrogen (secondary N) is 1. The van der Waals surface area contributed by atoms with E-state index >= 15 is 0 Å². The molecule has 0 aliphatic heterocycles. The predicted molar refractivity (Wildman–Crippen MR) is 84.4 cm³/mol. The summed E-state index contributed by atoms with van der Waals surface area (Å²) in [6.07, 6.45) is 3.30. The molecule has 1 fully saturated rings. The number of methoxy groups -OCH3 is 1. The van der Waals surface area contributed by atoms with Crippen molar-refractivity contribution in [2.45, 2.75) is 37.5 Å². The number of rotatable bonds is 5. The van der Waals surface area contributed by atoms with Crippen LogP contribution in [0.3, 0.4) is 0 Å². The first kappa shape index (κ1) is 15.0. The van der Waals surface area contributed by atoms with Gasteiger partial charge in [-0.05, 0) is 37.1 Å². The van der Waals surface area contributed by atoms with Crippen LogP contribution in [0.5, 0.6) is 5.75 Å². The lowest BCUT2D eigenvalue weighted by Crippen LogP contribution is -2.33. The van der Waals surface area contributed by atoms with E-state index in [2.05, 4.69) is 12.2 Å². The van der Waals surface area contributed by atoms with Crippen molar-refractivity contribution < 1.29 is 9.53 Å². The van der Waals surface area contributed by atoms with Crippen LogP contribution in [-0.2, 0) is 0 Å². The van der Waals surface area contributed by atoms with Crippen LogP contribution in [0.25, 0.3) is 0 Å². The Morgan fingerprint density at radius 2 is 2.30 bits per heavy atom. The number of carbonyl (C=O) groups is 1. The molecular formula is C15H22N2O2S. The number of nitrogens with two attached hydrogens (primary N) is 1. The summed E-state index contributed by atoms with van der Waals surface area (Å²) in [5, 5.41) is 3.78. The van der Waals surface area contributed by atoms with Gasteiger partial charge in [0.05, 0.1) is 12.7 Å². The molecule has 1 aromatic rings. The fourth-order valence-corrected chi connectivity index (χ4v) is 3.76. The van der Waals surface area contributed by atoms with Gasteiger partial charge in [-0.3, -0.25) is 4.79 Å². The summed E-state index contributed by atoms with van der Waals surface area (Å²) < 4.78 is 5.23. The highest BCUT2D eigenvalue weighted by atomic mass is 32.2. The SMILES string of the molecule is CCSC1CCC(NC(=O)c2ccc(N)cc2OC)C1. The van der Waals surface area contributed by atoms with Crippen molar-refractivity contribution in [3.05, 3.63) is 23.8 Å². The summed E-state index contributed by atoms with van der Waals surface area (Å²) in [6, 6.07) is 5.39. The van der Waals surface area contributed by atoms with Crippen molar-refractivity contribution in [1.82, 2.24) is 5.32 Å². The molecule has 0 bridgehead atoms. The zero-order chi connectivity index (χ0) is 14.5. The first-order chi connectivity index (χ1) is 9.63. The van der Waals surface area contributed by atoms with Gasteiger partial charge in [0, 0.05) is 23.0 Å². The summed E-state index contributed by atoms with van der Waals surface area (Å²) in [7, 11) is 1.55. The van der Waals surface area contributed by atoms with Crippen LogP contribution in [0, 0.1) is 0 Å². The van der Waals surface area contributed by atoms with Crippen LogP contribution in [0.15, 0.2) is 18.2 Å². The number of amides is 1. The molecule has 0 saturated heterocycles. The number of nitrogen functional groups attached to an aromatic ring is 1. The third-order valence-electron chi connectivity index (χ3n) is 3.59. The summed E-state index contributed by atoms with van der Waals surface area (Å²) >= 11 is 1.98. The lowest BCUT2D eigenvalue weighted by molar-refractivity contribution is 0.0935. The van der Waals surface area contributed by atoms with Gasteiger partial charge in [0.25, 0.3) is 5.91 Å². The van der Waals surface area contributed by atoms with E-state index < -0.39 is 0 Å². The second kappa shape index (κ2) is 6.88. The third-order valence-corrected chi connectivity index (χ3v) is 4.83. The quantitative estimate of drug-likeness (QED) is 0.820. The average molecular weight is 294 g/mol. The minimum Gasteiger partial charge on any atom is -0.496 e.